The smallest absolute Gasteiger partial charge is 0.254 e. The molecule has 8 aromatic rings. The highest BCUT2D eigenvalue weighted by Gasteiger charge is 2.55. The average molecular weight is 1070 g/mol. The van der Waals surface area contributed by atoms with E-state index in [4.69, 9.17) is 0 Å². The zero-order valence-corrected chi connectivity index (χ0v) is 51.2. The maximum absolute atomic E-state index is 2.78. The Morgan fingerprint density at radius 1 is 0.375 bits per heavy atom. The summed E-state index contributed by atoms with van der Waals surface area (Å²) in [4.78, 5) is 8.07. The molecule has 1 fully saturated rings. The normalized spacial score (nSPS) is 24.1. The first-order valence-corrected chi connectivity index (χ1v) is 31.4. The number of thiophene rings is 1. The van der Waals surface area contributed by atoms with Gasteiger partial charge < -0.3 is 14.7 Å². The number of para-hydroxylation sites is 2. The van der Waals surface area contributed by atoms with Crippen molar-refractivity contribution in [3.8, 4) is 0 Å². The quantitative estimate of drug-likeness (QED) is 0.159. The summed E-state index contributed by atoms with van der Waals surface area (Å²) in [6.45, 7) is 35.1. The SMILES string of the molecule is CC1(C)CCC(C)(C)c2cc(N3c4cc5c(cc4B4c6c3cc(N(c3ccccc3)c3ccccc3)cc6N(c3ccc6c(c3)C(C)(C)CCC6(C)C)c3sc6cc7c(cc6c34)C3(C)CCC7(C)C3)C(C)(C)CCC5(C)C)ccc21. The van der Waals surface area contributed by atoms with Crippen molar-refractivity contribution in [3.63, 3.8) is 0 Å². The molecule has 1 saturated carbocycles. The van der Waals surface area contributed by atoms with Crippen LogP contribution in [-0.2, 0) is 43.3 Å². The molecule has 7 aromatic carbocycles. The molecule has 7 aliphatic rings. The fourth-order valence-electron chi connectivity index (χ4n) is 17.4. The minimum Gasteiger partial charge on any atom is -0.311 e. The highest BCUT2D eigenvalue weighted by molar-refractivity contribution is 7.26. The Morgan fingerprint density at radius 3 is 1.32 bits per heavy atom. The summed E-state index contributed by atoms with van der Waals surface area (Å²) in [7, 11) is 0. The molecule has 5 aliphatic carbocycles. The molecule has 3 heterocycles. The number of anilines is 9. The van der Waals surface area contributed by atoms with Gasteiger partial charge in [0.2, 0.25) is 0 Å². The van der Waals surface area contributed by atoms with Gasteiger partial charge in [-0.25, -0.2) is 0 Å². The predicted molar refractivity (Wildman–Crippen MR) is 345 cm³/mol. The van der Waals surface area contributed by atoms with Crippen LogP contribution < -0.4 is 31.1 Å². The van der Waals surface area contributed by atoms with Gasteiger partial charge in [-0.2, -0.15) is 0 Å². The van der Waals surface area contributed by atoms with Crippen molar-refractivity contribution in [1.29, 1.82) is 0 Å². The van der Waals surface area contributed by atoms with E-state index in [1.54, 1.807) is 11.1 Å². The van der Waals surface area contributed by atoms with Crippen LogP contribution in [0.15, 0.2) is 133 Å². The van der Waals surface area contributed by atoms with Gasteiger partial charge in [-0.05, 0) is 246 Å². The molecule has 0 radical (unpaired) electrons. The summed E-state index contributed by atoms with van der Waals surface area (Å²) >= 11 is 2.06. The second-order valence-corrected chi connectivity index (χ2v) is 31.8. The van der Waals surface area contributed by atoms with E-state index in [1.807, 2.05) is 0 Å². The van der Waals surface area contributed by atoms with E-state index in [0.29, 0.717) is 0 Å². The Morgan fingerprint density at radius 2 is 0.812 bits per heavy atom. The molecule has 0 spiro atoms. The molecule has 1 aromatic heterocycles. The van der Waals surface area contributed by atoms with Crippen molar-refractivity contribution in [1.82, 2.24) is 0 Å². The van der Waals surface area contributed by atoms with Gasteiger partial charge in [0.1, 0.15) is 0 Å². The first kappa shape index (κ1) is 50.9. The average Bonchev–Trinajstić information content (AvgIpc) is 4.26. The fourth-order valence-corrected chi connectivity index (χ4v) is 18.6. The minimum absolute atomic E-state index is 0.00521. The number of nitrogens with zero attached hydrogens (tertiary/aromatic N) is 3. The molecule has 3 nitrogen and oxygen atoms in total. The van der Waals surface area contributed by atoms with Gasteiger partial charge in [-0.1, -0.05) is 152 Å². The third-order valence-corrected chi connectivity index (χ3v) is 23.7. The molecule has 0 saturated heterocycles. The second-order valence-electron chi connectivity index (χ2n) is 30.7. The molecular weight excluding hydrogens is 986 g/mol. The molecule has 0 amide bonds. The molecule has 80 heavy (non-hydrogen) atoms. The summed E-state index contributed by atoms with van der Waals surface area (Å²) < 4.78 is 1.43. The lowest BCUT2D eigenvalue weighted by Crippen LogP contribution is -2.61. The van der Waals surface area contributed by atoms with Crippen LogP contribution in [0.25, 0.3) is 10.1 Å². The highest BCUT2D eigenvalue weighted by atomic mass is 32.1. The van der Waals surface area contributed by atoms with Crippen LogP contribution in [0.5, 0.6) is 0 Å². The van der Waals surface area contributed by atoms with E-state index in [9.17, 15) is 0 Å². The Hall–Kier alpha value is -6.04. The van der Waals surface area contributed by atoms with E-state index in [1.165, 1.54) is 145 Å². The number of benzene rings is 7. The zero-order chi connectivity index (χ0) is 55.6. The van der Waals surface area contributed by atoms with Crippen molar-refractivity contribution >= 4 is 95.0 Å². The van der Waals surface area contributed by atoms with Crippen molar-refractivity contribution in [2.24, 2.45) is 0 Å². The van der Waals surface area contributed by atoms with Gasteiger partial charge in [-0.15, -0.1) is 11.3 Å². The Balaban J connectivity index is 1.11. The lowest BCUT2D eigenvalue weighted by molar-refractivity contribution is 0.332. The van der Waals surface area contributed by atoms with Crippen molar-refractivity contribution < 1.29 is 0 Å². The molecule has 0 N–H and O–H groups in total. The first-order chi connectivity index (χ1) is 37.8. The molecule has 406 valence electrons. The van der Waals surface area contributed by atoms with Gasteiger partial charge in [0.15, 0.2) is 0 Å². The topological polar surface area (TPSA) is 9.72 Å². The molecule has 2 unspecified atom stereocenters. The van der Waals surface area contributed by atoms with Gasteiger partial charge in [0.05, 0.1) is 10.7 Å². The lowest BCUT2D eigenvalue weighted by Gasteiger charge is -2.48. The summed E-state index contributed by atoms with van der Waals surface area (Å²) in [5.41, 5.74) is 27.2. The molecule has 2 aliphatic heterocycles. The maximum Gasteiger partial charge on any atom is 0.254 e. The van der Waals surface area contributed by atoms with Crippen LogP contribution >= 0.6 is 11.3 Å². The summed E-state index contributed by atoms with van der Waals surface area (Å²) in [6.07, 6.45) is 10.8. The summed E-state index contributed by atoms with van der Waals surface area (Å²) in [5.74, 6) is 0. The van der Waals surface area contributed by atoms with Crippen LogP contribution in [0.1, 0.15) is 199 Å². The van der Waals surface area contributed by atoms with Gasteiger partial charge in [0.25, 0.3) is 6.71 Å². The first-order valence-electron chi connectivity index (χ1n) is 30.6. The van der Waals surface area contributed by atoms with Crippen LogP contribution in [-0.4, -0.2) is 6.71 Å². The number of hydrogen-bond donors (Lipinski definition) is 0. The number of hydrogen-bond acceptors (Lipinski definition) is 4. The molecule has 15 rings (SSSR count). The van der Waals surface area contributed by atoms with Crippen molar-refractivity contribution in [2.75, 3.05) is 14.7 Å². The predicted octanol–water partition coefficient (Wildman–Crippen LogP) is 19.2. The van der Waals surface area contributed by atoms with E-state index >= 15 is 0 Å². The van der Waals surface area contributed by atoms with E-state index in [-0.39, 0.29) is 50.0 Å². The Kier molecular flexibility index (Phi) is 10.4. The molecule has 2 bridgehead atoms. The minimum atomic E-state index is -0.00521. The van der Waals surface area contributed by atoms with E-state index < -0.39 is 0 Å². The second kappa shape index (κ2) is 16.4. The zero-order valence-electron chi connectivity index (χ0n) is 50.4. The van der Waals surface area contributed by atoms with Crippen LogP contribution in [0.4, 0.5) is 50.5 Å². The fraction of sp³-hybridized carbons (Fsp3) is 0.413. The molecule has 5 heteroatoms. The molecular formula is C75H82BN3S. The summed E-state index contributed by atoms with van der Waals surface area (Å²) in [6, 6.07) is 53.8. The van der Waals surface area contributed by atoms with E-state index in [2.05, 4.69) is 256 Å². The summed E-state index contributed by atoms with van der Waals surface area (Å²) in [5, 5.41) is 2.83. The monoisotopic (exact) mass is 1070 g/mol. The number of rotatable bonds is 5. The standard InChI is InChI=1S/C75H82BN3S/c1-68(2)29-31-70(5,6)54-37-48(25-27-52(54)68)78-61-43-57-56(72(9,10)33-34-73(57,11)12)42-60(61)76-65-51-41-58-59(75(14)36-35-74(58,13)45-75)44-64(51)80-67(65)79(49-26-28-53-55(38-49)71(7,8)32-30-69(53,3)4)63-40-50(39-62(78)66(63)76)77(46-21-17-15-18-22-46)47-23-19-16-20-24-47/h15-28,37-44H,29-36,45H2,1-14H3. The van der Waals surface area contributed by atoms with Crippen LogP contribution in [0, 0.1) is 0 Å². The van der Waals surface area contributed by atoms with Crippen molar-refractivity contribution in [2.45, 2.75) is 198 Å². The Bertz CT molecular complexity index is 3910. The third kappa shape index (κ3) is 7.10. The van der Waals surface area contributed by atoms with E-state index in [0.717, 1.165) is 23.5 Å². The van der Waals surface area contributed by atoms with Gasteiger partial charge in [0, 0.05) is 44.5 Å². The lowest BCUT2D eigenvalue weighted by atomic mass is 9.33. The van der Waals surface area contributed by atoms with Gasteiger partial charge >= 0.3 is 0 Å². The highest BCUT2D eigenvalue weighted by Crippen LogP contribution is 2.63. The van der Waals surface area contributed by atoms with Crippen molar-refractivity contribution in [3.05, 3.63) is 178 Å². The largest absolute Gasteiger partial charge is 0.311 e. The van der Waals surface area contributed by atoms with Gasteiger partial charge in [-0.3, -0.25) is 0 Å². The molecule has 2 atom stereocenters. The third-order valence-electron chi connectivity index (χ3n) is 22.6. The van der Waals surface area contributed by atoms with Crippen LogP contribution in [0.3, 0.4) is 0 Å². The Labute approximate surface area is 482 Å². The number of fused-ring (bicyclic) bond motifs is 14. The maximum atomic E-state index is 2.78. The van der Waals surface area contributed by atoms with Crippen LogP contribution in [0.2, 0.25) is 0 Å².